The highest BCUT2D eigenvalue weighted by molar-refractivity contribution is 4.94. The Morgan fingerprint density at radius 2 is 1.22 bits per heavy atom. The van der Waals surface area contributed by atoms with E-state index in [1.165, 1.54) is 90.4 Å². The second-order valence-electron chi connectivity index (χ2n) is 11.0. The van der Waals surface area contributed by atoms with Crippen LogP contribution >= 0.6 is 0 Å². The van der Waals surface area contributed by atoms with Crippen molar-refractivity contribution >= 4 is 0 Å². The highest BCUT2D eigenvalue weighted by Gasteiger charge is 2.35. The van der Waals surface area contributed by atoms with Crippen LogP contribution < -0.4 is 10.6 Å². The van der Waals surface area contributed by atoms with Crippen molar-refractivity contribution in [3.05, 3.63) is 0 Å². The lowest BCUT2D eigenvalue weighted by atomic mass is 9.93. The van der Waals surface area contributed by atoms with E-state index in [0.717, 1.165) is 31.6 Å². The van der Waals surface area contributed by atoms with Gasteiger partial charge in [-0.1, -0.05) is 80.1 Å². The van der Waals surface area contributed by atoms with Crippen molar-refractivity contribution in [2.45, 2.75) is 124 Å². The molecule has 192 valence electrons. The molecule has 0 aromatic carbocycles. The number of nitrogens with zero attached hydrogens (tertiary/aromatic N) is 2. The van der Waals surface area contributed by atoms with E-state index >= 15 is 0 Å². The standard InChI is InChI=1S/C28H60N4/c1-8-14-16-25(10-3)20-31-22-28(7,30-19-18-29-27(12-5)13-6)23-32(24-31)21-26(11-4)17-15-9-2/h25-27,29-30H,8-24H2,1-7H3. The van der Waals surface area contributed by atoms with Gasteiger partial charge in [-0.15, -0.1) is 0 Å². The zero-order chi connectivity index (χ0) is 23.8. The molecule has 1 rings (SSSR count). The first-order chi connectivity index (χ1) is 15.4. The molecule has 32 heavy (non-hydrogen) atoms. The normalized spacial score (nSPS) is 22.5. The Labute approximate surface area is 202 Å². The summed E-state index contributed by atoms with van der Waals surface area (Å²) in [6.45, 7) is 24.7. The molecule has 2 unspecified atom stereocenters. The Hall–Kier alpha value is -0.160. The van der Waals surface area contributed by atoms with Gasteiger partial charge in [0.25, 0.3) is 0 Å². The van der Waals surface area contributed by atoms with Crippen molar-refractivity contribution in [1.29, 1.82) is 0 Å². The van der Waals surface area contributed by atoms with Crippen LogP contribution in [0.15, 0.2) is 0 Å². The summed E-state index contributed by atoms with van der Waals surface area (Å²) in [6.07, 6.45) is 13.3. The summed E-state index contributed by atoms with van der Waals surface area (Å²) in [5.41, 5.74) is 0.181. The predicted octanol–water partition coefficient (Wildman–Crippen LogP) is 6.12. The minimum atomic E-state index is 0.181. The quantitative estimate of drug-likeness (QED) is 0.231. The lowest BCUT2D eigenvalue weighted by Crippen LogP contribution is -2.65. The van der Waals surface area contributed by atoms with Crippen molar-refractivity contribution in [2.75, 3.05) is 45.9 Å². The summed E-state index contributed by atoms with van der Waals surface area (Å²) >= 11 is 0. The van der Waals surface area contributed by atoms with E-state index in [1.54, 1.807) is 0 Å². The molecule has 4 heteroatoms. The second kappa shape index (κ2) is 17.3. The lowest BCUT2D eigenvalue weighted by molar-refractivity contribution is 0.00514. The van der Waals surface area contributed by atoms with Gasteiger partial charge in [0, 0.05) is 50.8 Å². The Kier molecular flexibility index (Phi) is 16.2. The van der Waals surface area contributed by atoms with E-state index in [9.17, 15) is 0 Å². The molecule has 1 aliphatic rings. The zero-order valence-corrected chi connectivity index (χ0v) is 23.1. The highest BCUT2D eigenvalue weighted by atomic mass is 15.4. The summed E-state index contributed by atoms with van der Waals surface area (Å²) in [6, 6.07) is 0.664. The third kappa shape index (κ3) is 11.8. The Balaban J connectivity index is 2.75. The predicted molar refractivity (Wildman–Crippen MR) is 143 cm³/mol. The topological polar surface area (TPSA) is 30.5 Å². The van der Waals surface area contributed by atoms with Crippen LogP contribution in [0, 0.1) is 11.8 Å². The van der Waals surface area contributed by atoms with Gasteiger partial charge in [-0.25, -0.2) is 0 Å². The molecule has 1 aliphatic heterocycles. The number of nitrogens with one attached hydrogen (secondary N) is 2. The van der Waals surface area contributed by atoms with Gasteiger partial charge in [0.1, 0.15) is 0 Å². The fourth-order valence-corrected chi connectivity index (χ4v) is 5.56. The van der Waals surface area contributed by atoms with E-state index in [0.29, 0.717) is 6.04 Å². The van der Waals surface area contributed by atoms with E-state index in [-0.39, 0.29) is 5.54 Å². The molecule has 1 saturated heterocycles. The molecule has 2 atom stereocenters. The van der Waals surface area contributed by atoms with E-state index in [2.05, 4.69) is 68.9 Å². The maximum Gasteiger partial charge on any atom is 0.0507 e. The lowest BCUT2D eigenvalue weighted by Gasteiger charge is -2.48. The highest BCUT2D eigenvalue weighted by Crippen LogP contribution is 2.23. The van der Waals surface area contributed by atoms with Gasteiger partial charge in [0.15, 0.2) is 0 Å². The Morgan fingerprint density at radius 1 is 0.719 bits per heavy atom. The molecule has 4 nitrogen and oxygen atoms in total. The van der Waals surface area contributed by atoms with Gasteiger partial charge in [-0.2, -0.15) is 0 Å². The molecule has 0 amide bonds. The van der Waals surface area contributed by atoms with Crippen molar-refractivity contribution in [3.63, 3.8) is 0 Å². The first-order valence-electron chi connectivity index (χ1n) is 14.4. The van der Waals surface area contributed by atoms with E-state index < -0.39 is 0 Å². The van der Waals surface area contributed by atoms with E-state index in [4.69, 9.17) is 0 Å². The molecule has 0 aromatic heterocycles. The largest absolute Gasteiger partial charge is 0.313 e. The van der Waals surface area contributed by atoms with Gasteiger partial charge in [-0.3, -0.25) is 9.80 Å². The molecular weight excluding hydrogens is 392 g/mol. The van der Waals surface area contributed by atoms with Crippen LogP contribution in [-0.4, -0.2) is 67.3 Å². The number of hydrogen-bond acceptors (Lipinski definition) is 4. The second-order valence-corrected chi connectivity index (χ2v) is 11.0. The van der Waals surface area contributed by atoms with Crippen LogP contribution in [0.25, 0.3) is 0 Å². The monoisotopic (exact) mass is 452 g/mol. The van der Waals surface area contributed by atoms with Crippen LogP contribution in [0.5, 0.6) is 0 Å². The van der Waals surface area contributed by atoms with Crippen molar-refractivity contribution in [3.8, 4) is 0 Å². The van der Waals surface area contributed by atoms with Crippen LogP contribution in [0.2, 0.25) is 0 Å². The van der Waals surface area contributed by atoms with Gasteiger partial charge in [-0.05, 0) is 44.4 Å². The Bertz CT molecular complexity index is 411. The van der Waals surface area contributed by atoms with Crippen molar-refractivity contribution in [1.82, 2.24) is 20.4 Å². The van der Waals surface area contributed by atoms with E-state index in [1.807, 2.05) is 0 Å². The van der Waals surface area contributed by atoms with Gasteiger partial charge < -0.3 is 10.6 Å². The molecule has 0 radical (unpaired) electrons. The zero-order valence-electron chi connectivity index (χ0n) is 23.1. The van der Waals surface area contributed by atoms with Gasteiger partial charge in [0.2, 0.25) is 0 Å². The van der Waals surface area contributed by atoms with Gasteiger partial charge >= 0.3 is 0 Å². The average Bonchev–Trinajstić information content (AvgIpc) is 2.79. The molecule has 0 saturated carbocycles. The summed E-state index contributed by atoms with van der Waals surface area (Å²) < 4.78 is 0. The number of hydrogen-bond donors (Lipinski definition) is 2. The fourth-order valence-electron chi connectivity index (χ4n) is 5.56. The number of unbranched alkanes of at least 4 members (excludes halogenated alkanes) is 2. The number of rotatable bonds is 19. The maximum absolute atomic E-state index is 3.98. The van der Waals surface area contributed by atoms with Gasteiger partial charge in [0.05, 0.1) is 6.67 Å². The molecular formula is C28H60N4. The summed E-state index contributed by atoms with van der Waals surface area (Å²) in [7, 11) is 0. The maximum atomic E-state index is 3.98. The van der Waals surface area contributed by atoms with Crippen LogP contribution in [0.4, 0.5) is 0 Å². The molecule has 0 aliphatic carbocycles. The first-order valence-corrected chi connectivity index (χ1v) is 14.4. The average molecular weight is 453 g/mol. The van der Waals surface area contributed by atoms with Crippen LogP contribution in [0.3, 0.4) is 0 Å². The molecule has 2 N–H and O–H groups in total. The minimum absolute atomic E-state index is 0.181. The van der Waals surface area contributed by atoms with Crippen molar-refractivity contribution < 1.29 is 0 Å². The van der Waals surface area contributed by atoms with Crippen molar-refractivity contribution in [2.24, 2.45) is 11.8 Å². The summed E-state index contributed by atoms with van der Waals surface area (Å²) in [5, 5.41) is 7.72. The van der Waals surface area contributed by atoms with Crippen LogP contribution in [-0.2, 0) is 0 Å². The SMILES string of the molecule is CCCCC(CC)CN1CN(CC(CC)CCCC)CC(C)(NCCNC(CC)CC)C1. The summed E-state index contributed by atoms with van der Waals surface area (Å²) in [4.78, 5) is 5.56. The van der Waals surface area contributed by atoms with Crippen LogP contribution in [0.1, 0.15) is 113 Å². The third-order valence-electron chi connectivity index (χ3n) is 7.76. The fraction of sp³-hybridized carbons (Fsp3) is 1.00. The molecule has 1 heterocycles. The molecule has 0 spiro atoms. The molecule has 0 aromatic rings. The third-order valence-corrected chi connectivity index (χ3v) is 7.76. The Morgan fingerprint density at radius 3 is 1.62 bits per heavy atom. The smallest absolute Gasteiger partial charge is 0.0507 e. The molecule has 0 bridgehead atoms. The molecule has 1 fully saturated rings. The minimum Gasteiger partial charge on any atom is -0.313 e. The first kappa shape index (κ1) is 29.9. The summed E-state index contributed by atoms with van der Waals surface area (Å²) in [5.74, 6) is 1.69.